The Labute approximate surface area is 135 Å². The van der Waals surface area contributed by atoms with Gasteiger partial charge in [0, 0.05) is 24.4 Å². The predicted octanol–water partition coefficient (Wildman–Crippen LogP) is 2.87. The molecule has 2 heterocycles. The van der Waals surface area contributed by atoms with E-state index >= 15 is 0 Å². The van der Waals surface area contributed by atoms with E-state index in [9.17, 15) is 9.59 Å². The van der Waals surface area contributed by atoms with Gasteiger partial charge in [0.25, 0.3) is 0 Å². The van der Waals surface area contributed by atoms with Gasteiger partial charge in [0.2, 0.25) is 11.8 Å². The molecule has 1 aliphatic heterocycles. The van der Waals surface area contributed by atoms with Gasteiger partial charge in [0.1, 0.15) is 11.3 Å². The monoisotopic (exact) mass is 314 g/mol. The molecule has 2 amide bonds. The highest BCUT2D eigenvalue weighted by Crippen LogP contribution is 2.25. The average molecular weight is 314 g/mol. The van der Waals surface area contributed by atoms with E-state index in [0.717, 1.165) is 16.7 Å². The zero-order valence-electron chi connectivity index (χ0n) is 13.7. The summed E-state index contributed by atoms with van der Waals surface area (Å²) in [5, 5.41) is 3.99. The lowest BCUT2D eigenvalue weighted by molar-refractivity contribution is -0.130. The van der Waals surface area contributed by atoms with E-state index in [1.165, 1.54) is 0 Å². The van der Waals surface area contributed by atoms with Gasteiger partial charge in [0.05, 0.1) is 12.0 Å². The standard InChI is InChI=1S/C18H22N2O3/c1-11(2)20-10-14(9-17(20)21)18(22)19-12(3)16-8-13-6-4-5-7-15(13)23-16/h4-8,11-12,14H,9-10H2,1-3H3,(H,19,22)/t12-,14+/m0/s1. The fourth-order valence-electron chi connectivity index (χ4n) is 3.02. The number of carbonyl (C=O) groups is 2. The molecular formula is C18H22N2O3. The maximum absolute atomic E-state index is 12.4. The van der Waals surface area contributed by atoms with E-state index < -0.39 is 0 Å². The van der Waals surface area contributed by atoms with Gasteiger partial charge in [-0.25, -0.2) is 0 Å². The maximum atomic E-state index is 12.4. The molecule has 2 aromatic rings. The number of amides is 2. The number of rotatable bonds is 4. The van der Waals surface area contributed by atoms with E-state index in [1.807, 2.05) is 51.1 Å². The molecule has 0 bridgehead atoms. The van der Waals surface area contributed by atoms with Gasteiger partial charge >= 0.3 is 0 Å². The van der Waals surface area contributed by atoms with Crippen molar-refractivity contribution in [2.45, 2.75) is 39.3 Å². The smallest absolute Gasteiger partial charge is 0.226 e. The molecule has 1 aliphatic rings. The van der Waals surface area contributed by atoms with Crippen LogP contribution in [0.15, 0.2) is 34.7 Å². The third kappa shape index (κ3) is 3.09. The van der Waals surface area contributed by atoms with Crippen molar-refractivity contribution in [3.05, 3.63) is 36.1 Å². The highest BCUT2D eigenvalue weighted by molar-refractivity contribution is 5.89. The van der Waals surface area contributed by atoms with Crippen molar-refractivity contribution in [1.29, 1.82) is 0 Å². The second-order valence-corrected chi connectivity index (χ2v) is 6.46. The summed E-state index contributed by atoms with van der Waals surface area (Å²) < 4.78 is 5.78. The predicted molar refractivity (Wildman–Crippen MR) is 87.7 cm³/mol. The van der Waals surface area contributed by atoms with Crippen LogP contribution < -0.4 is 5.32 Å². The summed E-state index contributed by atoms with van der Waals surface area (Å²) in [6.45, 7) is 6.33. The Hall–Kier alpha value is -2.30. The quantitative estimate of drug-likeness (QED) is 0.944. The first kappa shape index (κ1) is 15.6. The molecule has 0 radical (unpaired) electrons. The zero-order valence-corrected chi connectivity index (χ0v) is 13.7. The Morgan fingerprint density at radius 3 is 2.70 bits per heavy atom. The van der Waals surface area contributed by atoms with Gasteiger partial charge in [-0.2, -0.15) is 0 Å². The second kappa shape index (κ2) is 6.07. The van der Waals surface area contributed by atoms with Gasteiger partial charge in [-0.1, -0.05) is 18.2 Å². The number of likely N-dealkylation sites (tertiary alicyclic amines) is 1. The molecule has 0 saturated carbocycles. The van der Waals surface area contributed by atoms with E-state index in [2.05, 4.69) is 5.32 Å². The Bertz CT molecular complexity index is 702. The minimum Gasteiger partial charge on any atom is -0.459 e. The first-order chi connectivity index (χ1) is 11.0. The van der Waals surface area contributed by atoms with Crippen molar-refractivity contribution < 1.29 is 14.0 Å². The third-order valence-corrected chi connectivity index (χ3v) is 4.38. The molecule has 122 valence electrons. The van der Waals surface area contributed by atoms with Crippen LogP contribution in [0.2, 0.25) is 0 Å². The summed E-state index contributed by atoms with van der Waals surface area (Å²) >= 11 is 0. The second-order valence-electron chi connectivity index (χ2n) is 6.46. The summed E-state index contributed by atoms with van der Waals surface area (Å²) in [7, 11) is 0. The largest absolute Gasteiger partial charge is 0.459 e. The molecule has 1 fully saturated rings. The van der Waals surface area contributed by atoms with Crippen LogP contribution in [0, 0.1) is 5.92 Å². The molecule has 1 aromatic carbocycles. The number of para-hydroxylation sites is 1. The van der Waals surface area contributed by atoms with Crippen LogP contribution >= 0.6 is 0 Å². The van der Waals surface area contributed by atoms with Crippen molar-refractivity contribution in [3.63, 3.8) is 0 Å². The van der Waals surface area contributed by atoms with Crippen molar-refractivity contribution >= 4 is 22.8 Å². The first-order valence-corrected chi connectivity index (χ1v) is 8.04. The lowest BCUT2D eigenvalue weighted by atomic mass is 10.1. The minimum absolute atomic E-state index is 0.0524. The maximum Gasteiger partial charge on any atom is 0.226 e. The number of fused-ring (bicyclic) bond motifs is 1. The van der Waals surface area contributed by atoms with Gasteiger partial charge in [-0.15, -0.1) is 0 Å². The number of nitrogens with zero attached hydrogens (tertiary/aromatic N) is 1. The van der Waals surface area contributed by atoms with Gasteiger partial charge < -0.3 is 14.6 Å². The number of furan rings is 1. The summed E-state index contributed by atoms with van der Waals surface area (Å²) in [5.74, 6) is 0.410. The fourth-order valence-corrected chi connectivity index (χ4v) is 3.02. The van der Waals surface area contributed by atoms with Crippen LogP contribution in [0.4, 0.5) is 0 Å². The molecule has 5 heteroatoms. The van der Waals surface area contributed by atoms with Crippen LogP contribution in [0.25, 0.3) is 11.0 Å². The Kier molecular flexibility index (Phi) is 4.11. The van der Waals surface area contributed by atoms with Crippen molar-refractivity contribution in [1.82, 2.24) is 10.2 Å². The molecule has 3 rings (SSSR count). The lowest BCUT2D eigenvalue weighted by Gasteiger charge is -2.21. The lowest BCUT2D eigenvalue weighted by Crippen LogP contribution is -2.36. The summed E-state index contributed by atoms with van der Waals surface area (Å²) in [4.78, 5) is 26.1. The van der Waals surface area contributed by atoms with Gasteiger partial charge in [0.15, 0.2) is 0 Å². The number of carbonyl (C=O) groups excluding carboxylic acids is 2. The van der Waals surface area contributed by atoms with Gasteiger partial charge in [-0.3, -0.25) is 9.59 Å². The van der Waals surface area contributed by atoms with E-state index in [4.69, 9.17) is 4.42 Å². The zero-order chi connectivity index (χ0) is 16.6. The number of benzene rings is 1. The van der Waals surface area contributed by atoms with Crippen molar-refractivity contribution in [3.8, 4) is 0 Å². The molecule has 0 spiro atoms. The van der Waals surface area contributed by atoms with Crippen LogP contribution in [0.5, 0.6) is 0 Å². The SMILES string of the molecule is CC(C)N1C[C@H](C(=O)N[C@@H](C)c2cc3ccccc3o2)CC1=O. The normalized spacial score (nSPS) is 19.6. The molecule has 0 aliphatic carbocycles. The Morgan fingerprint density at radius 2 is 2.04 bits per heavy atom. The fraction of sp³-hybridized carbons (Fsp3) is 0.444. The molecule has 2 atom stereocenters. The summed E-state index contributed by atoms with van der Waals surface area (Å²) in [6, 6.07) is 9.61. The molecule has 1 saturated heterocycles. The average Bonchev–Trinajstić information content (AvgIpc) is 3.10. The van der Waals surface area contributed by atoms with Crippen LogP contribution in [-0.4, -0.2) is 29.3 Å². The summed E-state index contributed by atoms with van der Waals surface area (Å²) in [5.41, 5.74) is 0.811. The highest BCUT2D eigenvalue weighted by atomic mass is 16.3. The van der Waals surface area contributed by atoms with Crippen LogP contribution in [0.3, 0.4) is 0 Å². The van der Waals surface area contributed by atoms with Crippen molar-refractivity contribution in [2.75, 3.05) is 6.54 Å². The molecule has 1 aromatic heterocycles. The third-order valence-electron chi connectivity index (χ3n) is 4.38. The molecule has 23 heavy (non-hydrogen) atoms. The van der Waals surface area contributed by atoms with Gasteiger partial charge in [-0.05, 0) is 32.9 Å². The minimum atomic E-state index is -0.281. The topological polar surface area (TPSA) is 62.6 Å². The molecular weight excluding hydrogens is 292 g/mol. The van der Waals surface area contributed by atoms with Crippen LogP contribution in [-0.2, 0) is 9.59 Å². The van der Waals surface area contributed by atoms with E-state index in [-0.39, 0.29) is 36.2 Å². The first-order valence-electron chi connectivity index (χ1n) is 8.04. The molecule has 5 nitrogen and oxygen atoms in total. The van der Waals surface area contributed by atoms with Crippen molar-refractivity contribution in [2.24, 2.45) is 5.92 Å². The highest BCUT2D eigenvalue weighted by Gasteiger charge is 2.36. The number of nitrogens with one attached hydrogen (secondary N) is 1. The Morgan fingerprint density at radius 1 is 1.30 bits per heavy atom. The molecule has 0 unspecified atom stereocenters. The van der Waals surface area contributed by atoms with E-state index in [1.54, 1.807) is 4.90 Å². The van der Waals surface area contributed by atoms with Crippen LogP contribution in [0.1, 0.15) is 39.0 Å². The number of hydrogen-bond donors (Lipinski definition) is 1. The Balaban J connectivity index is 1.67. The van der Waals surface area contributed by atoms with E-state index in [0.29, 0.717) is 6.54 Å². The summed E-state index contributed by atoms with van der Waals surface area (Å²) in [6.07, 6.45) is 0.289. The number of hydrogen-bond acceptors (Lipinski definition) is 3. The molecule has 1 N–H and O–H groups in total.